The summed E-state index contributed by atoms with van der Waals surface area (Å²) in [5.41, 5.74) is 0. The zero-order valence-corrected chi connectivity index (χ0v) is 8.85. The second kappa shape index (κ2) is 4.04. The fraction of sp³-hybridized carbons (Fsp3) is 0.333. The van der Waals surface area contributed by atoms with Crippen molar-refractivity contribution in [3.63, 3.8) is 0 Å². The Morgan fingerprint density at radius 3 is 2.93 bits per heavy atom. The largest absolute Gasteiger partial charge is 0.447 e. The monoisotopic (exact) mass is 227 g/mol. The first kappa shape index (κ1) is 10.2. The Balaban J connectivity index is 2.10. The summed E-state index contributed by atoms with van der Waals surface area (Å²) < 4.78 is 6.70. The smallest absolute Gasteiger partial charge is 0.193 e. The summed E-state index contributed by atoms with van der Waals surface area (Å²) in [6.45, 7) is 0. The fourth-order valence-corrected chi connectivity index (χ4v) is 1.44. The zero-order valence-electron chi connectivity index (χ0n) is 8.09. The summed E-state index contributed by atoms with van der Waals surface area (Å²) in [5.74, 6) is 1.12. The fourth-order valence-electron chi connectivity index (χ4n) is 1.29. The van der Waals surface area contributed by atoms with Gasteiger partial charge < -0.3 is 9.52 Å². The van der Waals surface area contributed by atoms with Crippen LogP contribution in [-0.2, 0) is 13.5 Å². The molecule has 0 amide bonds. The van der Waals surface area contributed by atoms with Gasteiger partial charge in [-0.1, -0.05) is 0 Å². The summed E-state index contributed by atoms with van der Waals surface area (Å²) in [5, 5.41) is 14.0. The van der Waals surface area contributed by atoms with E-state index in [0.717, 1.165) is 0 Å². The second-order valence-electron chi connectivity index (χ2n) is 3.16. The number of aryl methyl sites for hydroxylation is 1. The second-order valence-corrected chi connectivity index (χ2v) is 3.53. The molecule has 0 bridgehead atoms. The van der Waals surface area contributed by atoms with Crippen molar-refractivity contribution in [2.45, 2.75) is 12.5 Å². The van der Waals surface area contributed by atoms with Crippen LogP contribution in [0.3, 0.4) is 0 Å². The van der Waals surface area contributed by atoms with Crippen LogP contribution in [0.4, 0.5) is 0 Å². The van der Waals surface area contributed by atoms with E-state index in [0.29, 0.717) is 18.0 Å². The SMILES string of the molecule is Cn1ncnc1CC(O)c1ccc(Cl)o1. The van der Waals surface area contributed by atoms with Crippen molar-refractivity contribution in [3.8, 4) is 0 Å². The highest BCUT2D eigenvalue weighted by Gasteiger charge is 2.15. The third-order valence-corrected chi connectivity index (χ3v) is 2.31. The number of hydrogen-bond donors (Lipinski definition) is 1. The lowest BCUT2D eigenvalue weighted by molar-refractivity contribution is 0.147. The normalized spacial score (nSPS) is 13.0. The molecule has 6 heteroatoms. The van der Waals surface area contributed by atoms with Gasteiger partial charge in [0.2, 0.25) is 0 Å². The molecule has 2 rings (SSSR count). The van der Waals surface area contributed by atoms with E-state index in [-0.39, 0.29) is 5.22 Å². The van der Waals surface area contributed by atoms with Gasteiger partial charge >= 0.3 is 0 Å². The highest BCUT2D eigenvalue weighted by atomic mass is 35.5. The van der Waals surface area contributed by atoms with Gasteiger partial charge in [-0.2, -0.15) is 5.10 Å². The van der Waals surface area contributed by atoms with E-state index < -0.39 is 6.10 Å². The maximum atomic E-state index is 9.80. The standard InChI is InChI=1S/C9H10ClN3O2/c1-13-9(11-5-12-13)4-6(14)7-2-3-8(10)15-7/h2-3,5-6,14H,4H2,1H3. The Bertz CT molecular complexity index is 452. The lowest BCUT2D eigenvalue weighted by atomic mass is 10.2. The van der Waals surface area contributed by atoms with Crippen molar-refractivity contribution >= 4 is 11.6 Å². The van der Waals surface area contributed by atoms with Crippen molar-refractivity contribution in [3.05, 3.63) is 35.3 Å². The predicted molar refractivity (Wildman–Crippen MR) is 53.4 cm³/mol. The average Bonchev–Trinajstić information content (AvgIpc) is 2.77. The van der Waals surface area contributed by atoms with Gasteiger partial charge in [0, 0.05) is 13.5 Å². The van der Waals surface area contributed by atoms with Gasteiger partial charge in [0.25, 0.3) is 0 Å². The number of aliphatic hydroxyl groups is 1. The molecule has 5 nitrogen and oxygen atoms in total. The molecule has 0 spiro atoms. The first-order chi connectivity index (χ1) is 7.16. The number of aliphatic hydroxyl groups excluding tert-OH is 1. The van der Waals surface area contributed by atoms with E-state index in [1.807, 2.05) is 0 Å². The minimum absolute atomic E-state index is 0.266. The molecule has 0 fully saturated rings. The van der Waals surface area contributed by atoms with Gasteiger partial charge in [-0.25, -0.2) is 4.98 Å². The molecule has 2 aromatic heterocycles. The molecular formula is C9H10ClN3O2. The zero-order chi connectivity index (χ0) is 10.8. The quantitative estimate of drug-likeness (QED) is 0.860. The van der Waals surface area contributed by atoms with Crippen molar-refractivity contribution in [2.24, 2.45) is 7.05 Å². The molecule has 0 aliphatic rings. The van der Waals surface area contributed by atoms with Crippen LogP contribution in [-0.4, -0.2) is 19.9 Å². The number of nitrogens with zero attached hydrogens (tertiary/aromatic N) is 3. The first-order valence-corrected chi connectivity index (χ1v) is 4.81. The van der Waals surface area contributed by atoms with Crippen LogP contribution in [0.15, 0.2) is 22.9 Å². The number of hydrogen-bond acceptors (Lipinski definition) is 4. The Morgan fingerprint density at radius 1 is 1.60 bits per heavy atom. The third-order valence-electron chi connectivity index (χ3n) is 2.10. The molecule has 0 aromatic carbocycles. The number of furan rings is 1. The maximum Gasteiger partial charge on any atom is 0.193 e. The highest BCUT2D eigenvalue weighted by molar-refractivity contribution is 6.28. The third kappa shape index (κ3) is 2.19. The van der Waals surface area contributed by atoms with Gasteiger partial charge in [0.05, 0.1) is 0 Å². The molecule has 1 N–H and O–H groups in total. The van der Waals surface area contributed by atoms with Crippen LogP contribution in [0, 0.1) is 0 Å². The molecule has 0 aliphatic heterocycles. The summed E-state index contributed by atoms with van der Waals surface area (Å²) in [6, 6.07) is 3.24. The lowest BCUT2D eigenvalue weighted by Gasteiger charge is -2.06. The predicted octanol–water partition coefficient (Wildman–Crippen LogP) is 1.34. The Hall–Kier alpha value is -1.33. The summed E-state index contributed by atoms with van der Waals surface area (Å²) in [6.07, 6.45) is 1.04. The van der Waals surface area contributed by atoms with E-state index in [1.165, 1.54) is 6.33 Å². The molecule has 2 heterocycles. The number of aromatic nitrogens is 3. The van der Waals surface area contributed by atoms with Crippen molar-refractivity contribution in [2.75, 3.05) is 0 Å². The van der Waals surface area contributed by atoms with E-state index in [2.05, 4.69) is 10.1 Å². The van der Waals surface area contributed by atoms with Crippen LogP contribution < -0.4 is 0 Å². The molecule has 1 unspecified atom stereocenters. The van der Waals surface area contributed by atoms with Crippen LogP contribution in [0.1, 0.15) is 17.7 Å². The first-order valence-electron chi connectivity index (χ1n) is 4.43. The molecule has 0 radical (unpaired) electrons. The topological polar surface area (TPSA) is 64.1 Å². The van der Waals surface area contributed by atoms with E-state index >= 15 is 0 Å². The van der Waals surface area contributed by atoms with Gasteiger partial charge in [-0.15, -0.1) is 0 Å². The highest BCUT2D eigenvalue weighted by Crippen LogP contribution is 2.22. The summed E-state index contributed by atoms with van der Waals surface area (Å²) >= 11 is 5.61. The van der Waals surface area contributed by atoms with Crippen LogP contribution in [0.25, 0.3) is 0 Å². The Labute approximate surface area is 91.3 Å². The van der Waals surface area contributed by atoms with Crippen molar-refractivity contribution in [1.82, 2.24) is 14.8 Å². The molecule has 80 valence electrons. The molecule has 0 aliphatic carbocycles. The van der Waals surface area contributed by atoms with Gasteiger partial charge in [-0.05, 0) is 23.7 Å². The number of rotatable bonds is 3. The molecule has 0 saturated heterocycles. The molecule has 1 atom stereocenters. The van der Waals surface area contributed by atoms with Crippen LogP contribution >= 0.6 is 11.6 Å². The van der Waals surface area contributed by atoms with E-state index in [4.69, 9.17) is 16.0 Å². The van der Waals surface area contributed by atoms with Gasteiger partial charge in [-0.3, -0.25) is 4.68 Å². The molecule has 15 heavy (non-hydrogen) atoms. The minimum Gasteiger partial charge on any atom is -0.447 e. The van der Waals surface area contributed by atoms with Crippen LogP contribution in [0.5, 0.6) is 0 Å². The van der Waals surface area contributed by atoms with Gasteiger partial charge in [0.15, 0.2) is 5.22 Å². The maximum absolute atomic E-state index is 9.80. The average molecular weight is 228 g/mol. The minimum atomic E-state index is -0.750. The lowest BCUT2D eigenvalue weighted by Crippen LogP contribution is -2.06. The van der Waals surface area contributed by atoms with Crippen molar-refractivity contribution < 1.29 is 9.52 Å². The van der Waals surface area contributed by atoms with Gasteiger partial charge in [0.1, 0.15) is 24.0 Å². The van der Waals surface area contributed by atoms with Crippen molar-refractivity contribution in [1.29, 1.82) is 0 Å². The Kier molecular flexibility index (Phi) is 2.75. The summed E-state index contributed by atoms with van der Waals surface area (Å²) in [7, 11) is 1.77. The van der Waals surface area contributed by atoms with Crippen LogP contribution in [0.2, 0.25) is 5.22 Å². The molecular weight excluding hydrogens is 218 g/mol. The summed E-state index contributed by atoms with van der Waals surface area (Å²) in [4.78, 5) is 4.01. The molecule has 0 saturated carbocycles. The van der Waals surface area contributed by atoms with E-state index in [9.17, 15) is 5.11 Å². The molecule has 2 aromatic rings. The Morgan fingerprint density at radius 2 is 2.40 bits per heavy atom. The number of halogens is 1. The van der Waals surface area contributed by atoms with E-state index in [1.54, 1.807) is 23.9 Å².